The minimum absolute atomic E-state index is 0.359. The van der Waals surface area contributed by atoms with Gasteiger partial charge >= 0.3 is 11.9 Å². The molecule has 0 radical (unpaired) electrons. The SMILES string of the molecule is C=CC(=O)OC=CC.O=C(O)c1cccc2ccccc12. The van der Waals surface area contributed by atoms with Crippen LogP contribution < -0.4 is 0 Å². The van der Waals surface area contributed by atoms with Crippen LogP contribution in [0.4, 0.5) is 0 Å². The van der Waals surface area contributed by atoms with Crippen molar-refractivity contribution in [2.45, 2.75) is 6.92 Å². The zero-order valence-corrected chi connectivity index (χ0v) is 11.7. The zero-order chi connectivity index (χ0) is 15.7. The minimum atomic E-state index is -0.878. The van der Waals surface area contributed by atoms with Crippen molar-refractivity contribution >= 4 is 22.7 Å². The van der Waals surface area contributed by atoms with E-state index in [4.69, 9.17) is 5.11 Å². The maximum Gasteiger partial charge on any atom is 0.336 e. The molecule has 2 aromatic rings. The highest BCUT2D eigenvalue weighted by Crippen LogP contribution is 2.17. The zero-order valence-electron chi connectivity index (χ0n) is 11.7. The van der Waals surface area contributed by atoms with Gasteiger partial charge in [-0.05, 0) is 23.8 Å². The summed E-state index contributed by atoms with van der Waals surface area (Å²) >= 11 is 0. The quantitative estimate of drug-likeness (QED) is 0.529. The molecule has 0 saturated carbocycles. The number of carboxylic acid groups (broad SMARTS) is 1. The Bertz CT molecular complexity index is 666. The Labute approximate surface area is 123 Å². The van der Waals surface area contributed by atoms with E-state index in [0.29, 0.717) is 5.56 Å². The molecule has 0 aliphatic heterocycles. The first-order valence-electron chi connectivity index (χ1n) is 6.25. The lowest BCUT2D eigenvalue weighted by Crippen LogP contribution is -1.96. The summed E-state index contributed by atoms with van der Waals surface area (Å²) in [6.45, 7) is 4.97. The smallest absolute Gasteiger partial charge is 0.336 e. The first-order valence-corrected chi connectivity index (χ1v) is 6.25. The second-order valence-electron chi connectivity index (χ2n) is 3.94. The molecule has 2 aromatic carbocycles. The Hall–Kier alpha value is -2.88. The minimum Gasteiger partial charge on any atom is -0.478 e. The Morgan fingerprint density at radius 1 is 1.14 bits per heavy atom. The van der Waals surface area contributed by atoms with E-state index < -0.39 is 11.9 Å². The van der Waals surface area contributed by atoms with Crippen LogP contribution >= 0.6 is 0 Å². The van der Waals surface area contributed by atoms with Crippen molar-refractivity contribution in [1.29, 1.82) is 0 Å². The molecule has 0 atom stereocenters. The second-order valence-corrected chi connectivity index (χ2v) is 3.94. The molecule has 0 saturated heterocycles. The number of carbonyl (C=O) groups is 2. The van der Waals surface area contributed by atoms with E-state index in [9.17, 15) is 9.59 Å². The fourth-order valence-electron chi connectivity index (χ4n) is 1.60. The molecule has 21 heavy (non-hydrogen) atoms. The van der Waals surface area contributed by atoms with E-state index in [1.165, 1.54) is 6.26 Å². The molecule has 0 fully saturated rings. The number of carbonyl (C=O) groups excluding carboxylic acids is 1. The molecule has 0 heterocycles. The molecule has 108 valence electrons. The van der Waals surface area contributed by atoms with E-state index in [1.807, 2.05) is 30.3 Å². The van der Waals surface area contributed by atoms with Crippen LogP contribution in [-0.4, -0.2) is 17.0 Å². The summed E-state index contributed by atoms with van der Waals surface area (Å²) in [5.41, 5.74) is 0.359. The average Bonchev–Trinajstić information content (AvgIpc) is 2.52. The van der Waals surface area contributed by atoms with Gasteiger partial charge < -0.3 is 9.84 Å². The van der Waals surface area contributed by atoms with Gasteiger partial charge in [0, 0.05) is 6.08 Å². The van der Waals surface area contributed by atoms with E-state index in [0.717, 1.165) is 16.8 Å². The second kappa shape index (κ2) is 8.32. The van der Waals surface area contributed by atoms with Crippen LogP contribution in [0.5, 0.6) is 0 Å². The lowest BCUT2D eigenvalue weighted by atomic mass is 10.1. The maximum absolute atomic E-state index is 10.8. The topological polar surface area (TPSA) is 63.6 Å². The van der Waals surface area contributed by atoms with Crippen molar-refractivity contribution in [3.63, 3.8) is 0 Å². The third kappa shape index (κ3) is 4.95. The van der Waals surface area contributed by atoms with Crippen LogP contribution in [-0.2, 0) is 9.53 Å². The molecule has 0 aliphatic rings. The van der Waals surface area contributed by atoms with Crippen LogP contribution in [0.1, 0.15) is 17.3 Å². The standard InChI is InChI=1S/C11H8O2.C6H8O2/c12-11(13)10-7-3-5-8-4-1-2-6-9(8)10;1-3-5-8-6(7)4-2/h1-7H,(H,12,13);3-5H,2H2,1H3. The summed E-state index contributed by atoms with van der Waals surface area (Å²) in [6.07, 6.45) is 4.05. The highest BCUT2D eigenvalue weighted by Gasteiger charge is 2.05. The van der Waals surface area contributed by atoms with Gasteiger partial charge in [-0.25, -0.2) is 9.59 Å². The number of fused-ring (bicyclic) bond motifs is 1. The predicted octanol–water partition coefficient (Wildman–Crippen LogP) is 3.79. The summed E-state index contributed by atoms with van der Waals surface area (Å²) in [4.78, 5) is 21.0. The van der Waals surface area contributed by atoms with Crippen molar-refractivity contribution in [2.75, 3.05) is 0 Å². The first kappa shape index (κ1) is 16.2. The number of esters is 1. The number of ether oxygens (including phenoxy) is 1. The van der Waals surface area contributed by atoms with Gasteiger partial charge in [-0.2, -0.15) is 0 Å². The highest BCUT2D eigenvalue weighted by molar-refractivity contribution is 6.03. The van der Waals surface area contributed by atoms with Gasteiger partial charge in [-0.1, -0.05) is 49.1 Å². The number of hydrogen-bond acceptors (Lipinski definition) is 3. The van der Waals surface area contributed by atoms with Gasteiger partial charge in [0.1, 0.15) is 0 Å². The van der Waals surface area contributed by atoms with Crippen molar-refractivity contribution in [2.24, 2.45) is 0 Å². The van der Waals surface area contributed by atoms with Gasteiger partial charge in [0.05, 0.1) is 11.8 Å². The van der Waals surface area contributed by atoms with Crippen molar-refractivity contribution in [3.8, 4) is 0 Å². The van der Waals surface area contributed by atoms with Gasteiger partial charge in [0.25, 0.3) is 0 Å². The number of rotatable bonds is 3. The molecule has 1 N–H and O–H groups in total. The summed E-state index contributed by atoms with van der Waals surface area (Å²) < 4.78 is 4.40. The van der Waals surface area contributed by atoms with Crippen LogP contribution in [0, 0.1) is 0 Å². The van der Waals surface area contributed by atoms with Crippen LogP contribution in [0.15, 0.2) is 67.5 Å². The van der Waals surface area contributed by atoms with Gasteiger partial charge in [-0.15, -0.1) is 0 Å². The molecule has 2 rings (SSSR count). The maximum atomic E-state index is 10.8. The normalized spacial score (nSPS) is 9.76. The Morgan fingerprint density at radius 2 is 1.81 bits per heavy atom. The summed E-state index contributed by atoms with van der Waals surface area (Å²) in [7, 11) is 0. The molecule has 4 nitrogen and oxygen atoms in total. The number of hydrogen-bond donors (Lipinski definition) is 1. The van der Waals surface area contributed by atoms with E-state index in [-0.39, 0.29) is 0 Å². The molecule has 0 spiro atoms. The average molecular weight is 284 g/mol. The Morgan fingerprint density at radius 3 is 2.43 bits per heavy atom. The van der Waals surface area contributed by atoms with Crippen LogP contribution in [0.25, 0.3) is 10.8 Å². The number of allylic oxidation sites excluding steroid dienone is 1. The fourth-order valence-corrected chi connectivity index (χ4v) is 1.60. The number of aromatic carboxylic acids is 1. The molecular weight excluding hydrogens is 268 g/mol. The fraction of sp³-hybridized carbons (Fsp3) is 0.0588. The molecular formula is C17H16O4. The molecule has 0 unspecified atom stereocenters. The van der Waals surface area contributed by atoms with E-state index >= 15 is 0 Å². The Kier molecular flexibility index (Phi) is 6.41. The molecule has 4 heteroatoms. The van der Waals surface area contributed by atoms with Crippen LogP contribution in [0.3, 0.4) is 0 Å². The first-order chi connectivity index (χ1) is 10.1. The lowest BCUT2D eigenvalue weighted by molar-refractivity contribution is -0.132. The van der Waals surface area contributed by atoms with Crippen molar-refractivity contribution < 1.29 is 19.4 Å². The lowest BCUT2D eigenvalue weighted by Gasteiger charge is -2.00. The third-order valence-corrected chi connectivity index (χ3v) is 2.51. The largest absolute Gasteiger partial charge is 0.478 e. The van der Waals surface area contributed by atoms with Crippen molar-refractivity contribution in [3.05, 3.63) is 73.0 Å². The summed E-state index contributed by atoms with van der Waals surface area (Å²) in [5, 5.41) is 10.6. The van der Waals surface area contributed by atoms with Crippen molar-refractivity contribution in [1.82, 2.24) is 0 Å². The molecule has 0 bridgehead atoms. The van der Waals surface area contributed by atoms with Gasteiger partial charge in [0.15, 0.2) is 0 Å². The summed E-state index contributed by atoms with van der Waals surface area (Å²) in [5.74, 6) is -1.31. The van der Waals surface area contributed by atoms with Gasteiger partial charge in [-0.3, -0.25) is 0 Å². The monoisotopic (exact) mass is 284 g/mol. The Balaban J connectivity index is 0.000000240. The van der Waals surface area contributed by atoms with Gasteiger partial charge in [0.2, 0.25) is 0 Å². The molecule has 0 aliphatic carbocycles. The summed E-state index contributed by atoms with van der Waals surface area (Å²) in [6, 6.07) is 12.7. The van der Waals surface area contributed by atoms with E-state index in [2.05, 4.69) is 11.3 Å². The highest BCUT2D eigenvalue weighted by atomic mass is 16.5. The van der Waals surface area contributed by atoms with Crippen LogP contribution in [0.2, 0.25) is 0 Å². The molecule has 0 aromatic heterocycles. The predicted molar refractivity (Wildman–Crippen MR) is 82.0 cm³/mol. The van der Waals surface area contributed by atoms with E-state index in [1.54, 1.807) is 25.1 Å². The number of carboxylic acids is 1. The third-order valence-electron chi connectivity index (χ3n) is 2.51. The molecule has 0 amide bonds. The number of benzene rings is 2.